The van der Waals surface area contributed by atoms with E-state index in [2.05, 4.69) is 42.7 Å². The number of carbonyl (C=O) groups excluding carboxylic acids is 1. The fraction of sp³-hybridized carbons (Fsp3) is 0.533. The van der Waals surface area contributed by atoms with Gasteiger partial charge in [0.1, 0.15) is 0 Å². The molecule has 0 saturated carbocycles. The molecule has 1 aliphatic rings. The normalized spacial score (nSPS) is 16.6. The summed E-state index contributed by atoms with van der Waals surface area (Å²) >= 11 is 0. The lowest BCUT2D eigenvalue weighted by atomic mass is 9.97. The summed E-state index contributed by atoms with van der Waals surface area (Å²) in [6.07, 6.45) is 1.91. The van der Waals surface area contributed by atoms with E-state index in [0.717, 1.165) is 25.9 Å². The van der Waals surface area contributed by atoms with Crippen molar-refractivity contribution < 1.29 is 4.79 Å². The summed E-state index contributed by atoms with van der Waals surface area (Å²) < 4.78 is 0. The van der Waals surface area contributed by atoms with E-state index in [1.165, 1.54) is 16.7 Å². The lowest BCUT2D eigenvalue weighted by Crippen LogP contribution is -2.37. The third kappa shape index (κ3) is 3.33. The van der Waals surface area contributed by atoms with E-state index < -0.39 is 0 Å². The first-order valence-electron chi connectivity index (χ1n) is 6.71. The first-order valence-corrected chi connectivity index (χ1v) is 6.71. The van der Waals surface area contributed by atoms with Crippen molar-refractivity contribution in [1.82, 2.24) is 10.6 Å². The van der Waals surface area contributed by atoms with Crippen LogP contribution in [-0.2, 0) is 11.3 Å². The Morgan fingerprint density at radius 3 is 2.72 bits per heavy atom. The number of nitrogens with one attached hydrogen (secondary N) is 2. The Bertz CT molecular complexity index is 423. The number of aryl methyl sites for hydroxylation is 2. The molecule has 0 bridgehead atoms. The van der Waals surface area contributed by atoms with E-state index >= 15 is 0 Å². The van der Waals surface area contributed by atoms with Crippen LogP contribution in [0.15, 0.2) is 18.2 Å². The Hall–Kier alpha value is -1.35. The zero-order chi connectivity index (χ0) is 13.0. The average Bonchev–Trinajstić information content (AvgIpc) is 2.38. The topological polar surface area (TPSA) is 41.1 Å². The van der Waals surface area contributed by atoms with Crippen molar-refractivity contribution in [3.8, 4) is 0 Å². The maximum atomic E-state index is 12.0. The van der Waals surface area contributed by atoms with Gasteiger partial charge < -0.3 is 10.6 Å². The van der Waals surface area contributed by atoms with E-state index in [9.17, 15) is 4.79 Å². The second kappa shape index (κ2) is 6.01. The van der Waals surface area contributed by atoms with Gasteiger partial charge in [-0.05, 0) is 50.9 Å². The Kier molecular flexibility index (Phi) is 4.37. The molecule has 0 atom stereocenters. The molecule has 1 aliphatic heterocycles. The van der Waals surface area contributed by atoms with E-state index in [0.29, 0.717) is 6.54 Å². The molecule has 0 radical (unpaired) electrons. The number of hydrogen-bond acceptors (Lipinski definition) is 2. The second-order valence-corrected chi connectivity index (χ2v) is 5.17. The van der Waals surface area contributed by atoms with E-state index in [-0.39, 0.29) is 11.8 Å². The van der Waals surface area contributed by atoms with Crippen LogP contribution in [0.25, 0.3) is 0 Å². The second-order valence-electron chi connectivity index (χ2n) is 5.17. The van der Waals surface area contributed by atoms with Gasteiger partial charge in [0.15, 0.2) is 0 Å². The van der Waals surface area contributed by atoms with Gasteiger partial charge in [0.2, 0.25) is 5.91 Å². The molecule has 1 saturated heterocycles. The maximum Gasteiger partial charge on any atom is 0.223 e. The molecule has 2 N–H and O–H groups in total. The highest BCUT2D eigenvalue weighted by atomic mass is 16.1. The van der Waals surface area contributed by atoms with Gasteiger partial charge in [0.05, 0.1) is 0 Å². The van der Waals surface area contributed by atoms with Gasteiger partial charge in [-0.2, -0.15) is 0 Å². The highest BCUT2D eigenvalue weighted by Gasteiger charge is 2.20. The summed E-state index contributed by atoms with van der Waals surface area (Å²) in [5.74, 6) is 0.397. The number of benzene rings is 1. The lowest BCUT2D eigenvalue weighted by Gasteiger charge is -2.22. The zero-order valence-electron chi connectivity index (χ0n) is 11.3. The summed E-state index contributed by atoms with van der Waals surface area (Å²) in [5.41, 5.74) is 3.73. The van der Waals surface area contributed by atoms with E-state index in [1.54, 1.807) is 0 Å². The van der Waals surface area contributed by atoms with Crippen molar-refractivity contribution in [2.24, 2.45) is 5.92 Å². The molecular formula is C15H22N2O. The van der Waals surface area contributed by atoms with Crippen molar-refractivity contribution in [3.63, 3.8) is 0 Å². The maximum absolute atomic E-state index is 12.0. The lowest BCUT2D eigenvalue weighted by molar-refractivity contribution is -0.125. The van der Waals surface area contributed by atoms with Crippen LogP contribution in [0.4, 0.5) is 0 Å². The Morgan fingerprint density at radius 1 is 1.33 bits per heavy atom. The summed E-state index contributed by atoms with van der Waals surface area (Å²) in [4.78, 5) is 12.0. The Morgan fingerprint density at radius 2 is 2.06 bits per heavy atom. The number of rotatable bonds is 3. The van der Waals surface area contributed by atoms with Crippen LogP contribution in [0, 0.1) is 19.8 Å². The van der Waals surface area contributed by atoms with Crippen molar-refractivity contribution in [3.05, 3.63) is 34.9 Å². The van der Waals surface area contributed by atoms with Gasteiger partial charge in [-0.3, -0.25) is 4.79 Å². The zero-order valence-corrected chi connectivity index (χ0v) is 11.3. The first-order chi connectivity index (χ1) is 8.66. The highest BCUT2D eigenvalue weighted by molar-refractivity contribution is 5.78. The first kappa shape index (κ1) is 13.1. The molecule has 3 heteroatoms. The molecular weight excluding hydrogens is 224 g/mol. The van der Waals surface area contributed by atoms with Crippen LogP contribution in [-0.4, -0.2) is 19.0 Å². The minimum atomic E-state index is 0.192. The molecule has 1 aromatic carbocycles. The fourth-order valence-corrected chi connectivity index (χ4v) is 2.45. The van der Waals surface area contributed by atoms with Gasteiger partial charge in [0.25, 0.3) is 0 Å². The van der Waals surface area contributed by atoms with Gasteiger partial charge in [0, 0.05) is 12.5 Å². The summed E-state index contributed by atoms with van der Waals surface area (Å²) in [6.45, 7) is 6.75. The molecule has 0 spiro atoms. The van der Waals surface area contributed by atoms with Crippen LogP contribution >= 0.6 is 0 Å². The summed E-state index contributed by atoms with van der Waals surface area (Å²) in [5, 5.41) is 6.34. The number of hydrogen-bond donors (Lipinski definition) is 2. The minimum absolute atomic E-state index is 0.192. The average molecular weight is 246 g/mol. The van der Waals surface area contributed by atoms with Gasteiger partial charge in [-0.25, -0.2) is 0 Å². The predicted molar refractivity (Wildman–Crippen MR) is 73.4 cm³/mol. The molecule has 1 amide bonds. The standard InChI is InChI=1S/C15H22N2O/c1-11-3-4-14(12(2)9-11)10-17-15(18)13-5-7-16-8-6-13/h3-4,9,13,16H,5-8,10H2,1-2H3,(H,17,18). The van der Waals surface area contributed by atoms with E-state index in [1.807, 2.05) is 0 Å². The smallest absolute Gasteiger partial charge is 0.223 e. The van der Waals surface area contributed by atoms with Crippen molar-refractivity contribution in [2.45, 2.75) is 33.2 Å². The van der Waals surface area contributed by atoms with Gasteiger partial charge in [-0.15, -0.1) is 0 Å². The fourth-order valence-electron chi connectivity index (χ4n) is 2.45. The number of amides is 1. The van der Waals surface area contributed by atoms with Crippen LogP contribution < -0.4 is 10.6 Å². The third-order valence-electron chi connectivity index (χ3n) is 3.66. The van der Waals surface area contributed by atoms with Crippen LogP contribution in [0.2, 0.25) is 0 Å². The Balaban J connectivity index is 1.88. The highest BCUT2D eigenvalue weighted by Crippen LogP contribution is 2.13. The molecule has 1 heterocycles. The minimum Gasteiger partial charge on any atom is -0.352 e. The molecule has 3 nitrogen and oxygen atoms in total. The van der Waals surface area contributed by atoms with Crippen molar-refractivity contribution >= 4 is 5.91 Å². The largest absolute Gasteiger partial charge is 0.352 e. The van der Waals surface area contributed by atoms with Crippen molar-refractivity contribution in [2.75, 3.05) is 13.1 Å². The number of carbonyl (C=O) groups is 1. The molecule has 0 unspecified atom stereocenters. The quantitative estimate of drug-likeness (QED) is 0.855. The molecule has 0 aliphatic carbocycles. The third-order valence-corrected chi connectivity index (χ3v) is 3.66. The SMILES string of the molecule is Cc1ccc(CNC(=O)C2CCNCC2)c(C)c1. The van der Waals surface area contributed by atoms with E-state index in [4.69, 9.17) is 0 Å². The van der Waals surface area contributed by atoms with Crippen LogP contribution in [0.3, 0.4) is 0 Å². The van der Waals surface area contributed by atoms with Crippen LogP contribution in [0.1, 0.15) is 29.5 Å². The molecule has 98 valence electrons. The molecule has 18 heavy (non-hydrogen) atoms. The Labute approximate surface area is 109 Å². The van der Waals surface area contributed by atoms with Gasteiger partial charge >= 0.3 is 0 Å². The number of piperidine rings is 1. The summed E-state index contributed by atoms with van der Waals surface area (Å²) in [6, 6.07) is 6.36. The molecule has 2 rings (SSSR count). The predicted octanol–water partition coefficient (Wildman–Crippen LogP) is 1.92. The van der Waals surface area contributed by atoms with Crippen molar-refractivity contribution in [1.29, 1.82) is 0 Å². The molecule has 1 fully saturated rings. The molecule has 1 aromatic rings. The molecule has 0 aromatic heterocycles. The summed E-state index contributed by atoms with van der Waals surface area (Å²) in [7, 11) is 0. The van der Waals surface area contributed by atoms with Gasteiger partial charge in [-0.1, -0.05) is 23.8 Å². The van der Waals surface area contributed by atoms with Crippen LogP contribution in [0.5, 0.6) is 0 Å². The monoisotopic (exact) mass is 246 g/mol.